The Labute approximate surface area is 133 Å². The summed E-state index contributed by atoms with van der Waals surface area (Å²) in [5.74, 6) is 1.01. The molecule has 1 aliphatic heterocycles. The van der Waals surface area contributed by atoms with Gasteiger partial charge in [0, 0.05) is 24.8 Å². The summed E-state index contributed by atoms with van der Waals surface area (Å²) in [4.78, 5) is 6.99. The molecule has 122 valence electrons. The summed E-state index contributed by atoms with van der Waals surface area (Å²) in [7, 11) is 0. The highest BCUT2D eigenvalue weighted by Crippen LogP contribution is 2.14. The van der Waals surface area contributed by atoms with Crippen LogP contribution in [0, 0.1) is 12.8 Å². The number of morpholine rings is 1. The number of nitrogens with one attached hydrogen (secondary N) is 1. The molecule has 1 heterocycles. The molecule has 1 unspecified atom stereocenters. The predicted molar refractivity (Wildman–Crippen MR) is 92.3 cm³/mol. The van der Waals surface area contributed by atoms with Crippen LogP contribution in [-0.2, 0) is 4.74 Å². The lowest BCUT2D eigenvalue weighted by molar-refractivity contribution is 0.00870. The topological polar surface area (TPSA) is 62.9 Å². The van der Waals surface area contributed by atoms with Gasteiger partial charge in [-0.1, -0.05) is 31.5 Å². The van der Waals surface area contributed by atoms with Crippen molar-refractivity contribution in [3.05, 3.63) is 29.8 Å². The van der Waals surface area contributed by atoms with E-state index in [0.29, 0.717) is 24.5 Å². The highest BCUT2D eigenvalue weighted by atomic mass is 16.5. The number of rotatable bonds is 5. The largest absolute Gasteiger partial charge is 0.379 e. The fourth-order valence-electron chi connectivity index (χ4n) is 2.67. The van der Waals surface area contributed by atoms with E-state index in [9.17, 15) is 0 Å². The summed E-state index contributed by atoms with van der Waals surface area (Å²) < 4.78 is 5.43. The second-order valence-electron chi connectivity index (χ2n) is 6.18. The van der Waals surface area contributed by atoms with Crippen LogP contribution in [0.15, 0.2) is 29.3 Å². The molecule has 0 saturated carbocycles. The zero-order chi connectivity index (χ0) is 15.9. The SMILES string of the molecule is Cc1ccc(NC(N)=NCC(C(C)C)N2CCOCC2)cc1. The van der Waals surface area contributed by atoms with E-state index in [1.54, 1.807) is 0 Å². The Balaban J connectivity index is 1.92. The van der Waals surface area contributed by atoms with Crippen LogP contribution in [0.25, 0.3) is 0 Å². The zero-order valence-corrected chi connectivity index (χ0v) is 13.9. The van der Waals surface area contributed by atoms with Gasteiger partial charge in [0.15, 0.2) is 5.96 Å². The maximum Gasteiger partial charge on any atom is 0.193 e. The molecule has 1 saturated heterocycles. The Bertz CT molecular complexity index is 478. The first-order valence-corrected chi connectivity index (χ1v) is 8.01. The first-order valence-electron chi connectivity index (χ1n) is 8.01. The number of ether oxygens (including phenoxy) is 1. The van der Waals surface area contributed by atoms with Gasteiger partial charge in [0.2, 0.25) is 0 Å². The molecule has 0 aromatic heterocycles. The first kappa shape index (κ1) is 16.8. The van der Waals surface area contributed by atoms with Gasteiger partial charge in [0.1, 0.15) is 0 Å². The molecular weight excluding hydrogens is 276 g/mol. The van der Waals surface area contributed by atoms with Gasteiger partial charge in [-0.2, -0.15) is 0 Å². The number of nitrogens with two attached hydrogens (primary N) is 1. The minimum absolute atomic E-state index is 0.405. The minimum atomic E-state index is 0.405. The second-order valence-corrected chi connectivity index (χ2v) is 6.18. The number of guanidine groups is 1. The normalized spacial score (nSPS) is 18.5. The summed E-state index contributed by atoms with van der Waals surface area (Å²) in [5.41, 5.74) is 8.22. The maximum atomic E-state index is 6.02. The Morgan fingerprint density at radius 2 is 1.91 bits per heavy atom. The van der Waals surface area contributed by atoms with Crippen LogP contribution in [0.1, 0.15) is 19.4 Å². The van der Waals surface area contributed by atoms with Crippen molar-refractivity contribution in [2.75, 3.05) is 38.2 Å². The van der Waals surface area contributed by atoms with E-state index < -0.39 is 0 Å². The van der Waals surface area contributed by atoms with E-state index in [4.69, 9.17) is 10.5 Å². The number of hydrogen-bond donors (Lipinski definition) is 2. The average molecular weight is 304 g/mol. The first-order chi connectivity index (χ1) is 10.6. The third kappa shape index (κ3) is 5.00. The highest BCUT2D eigenvalue weighted by Gasteiger charge is 2.23. The van der Waals surface area contributed by atoms with Crippen molar-refractivity contribution in [1.29, 1.82) is 0 Å². The molecule has 1 fully saturated rings. The fraction of sp³-hybridized carbons (Fsp3) is 0.588. The molecule has 1 aliphatic rings. The smallest absolute Gasteiger partial charge is 0.193 e. The third-order valence-corrected chi connectivity index (χ3v) is 4.06. The van der Waals surface area contributed by atoms with E-state index in [0.717, 1.165) is 32.0 Å². The van der Waals surface area contributed by atoms with Gasteiger partial charge in [0.25, 0.3) is 0 Å². The van der Waals surface area contributed by atoms with Gasteiger partial charge < -0.3 is 15.8 Å². The van der Waals surface area contributed by atoms with E-state index in [2.05, 4.69) is 48.1 Å². The highest BCUT2D eigenvalue weighted by molar-refractivity contribution is 5.92. The van der Waals surface area contributed by atoms with Crippen molar-refractivity contribution >= 4 is 11.6 Å². The van der Waals surface area contributed by atoms with Crippen molar-refractivity contribution in [2.24, 2.45) is 16.6 Å². The van der Waals surface area contributed by atoms with Crippen LogP contribution in [0.3, 0.4) is 0 Å². The van der Waals surface area contributed by atoms with Crippen LogP contribution in [0.4, 0.5) is 5.69 Å². The van der Waals surface area contributed by atoms with E-state index in [1.807, 2.05) is 12.1 Å². The lowest BCUT2D eigenvalue weighted by atomic mass is 10.0. The van der Waals surface area contributed by atoms with Crippen molar-refractivity contribution in [3.8, 4) is 0 Å². The fourth-order valence-corrected chi connectivity index (χ4v) is 2.67. The summed E-state index contributed by atoms with van der Waals surface area (Å²) >= 11 is 0. The summed E-state index contributed by atoms with van der Waals surface area (Å²) in [5, 5.41) is 3.15. The molecule has 5 nitrogen and oxygen atoms in total. The molecule has 0 spiro atoms. The molecule has 1 atom stereocenters. The van der Waals surface area contributed by atoms with Gasteiger partial charge in [0.05, 0.1) is 19.8 Å². The summed E-state index contributed by atoms with van der Waals surface area (Å²) in [6.45, 7) is 10.8. The van der Waals surface area contributed by atoms with Crippen molar-refractivity contribution in [2.45, 2.75) is 26.8 Å². The number of anilines is 1. The summed E-state index contributed by atoms with van der Waals surface area (Å²) in [6, 6.07) is 8.54. The second kappa shape index (κ2) is 8.15. The minimum Gasteiger partial charge on any atom is -0.379 e. The predicted octanol–water partition coefficient (Wildman–Crippen LogP) is 2.08. The molecule has 5 heteroatoms. The number of hydrogen-bond acceptors (Lipinski definition) is 3. The van der Waals surface area contributed by atoms with Crippen molar-refractivity contribution in [1.82, 2.24) is 4.90 Å². The monoisotopic (exact) mass is 304 g/mol. The van der Waals surface area contributed by atoms with Gasteiger partial charge in [-0.05, 0) is 25.0 Å². The molecule has 22 heavy (non-hydrogen) atoms. The molecule has 2 rings (SSSR count). The Morgan fingerprint density at radius 3 is 2.50 bits per heavy atom. The standard InChI is InChI=1S/C17H28N4O/c1-13(2)16(21-8-10-22-11-9-21)12-19-17(18)20-15-6-4-14(3)5-7-15/h4-7,13,16H,8-12H2,1-3H3,(H3,18,19,20). The van der Waals surface area contributed by atoms with Crippen LogP contribution in [0.5, 0.6) is 0 Å². The molecule has 0 radical (unpaired) electrons. The van der Waals surface area contributed by atoms with Gasteiger partial charge in [-0.3, -0.25) is 9.89 Å². The van der Waals surface area contributed by atoms with Gasteiger partial charge in [-0.25, -0.2) is 0 Å². The molecule has 0 bridgehead atoms. The lowest BCUT2D eigenvalue weighted by Gasteiger charge is -2.36. The number of aryl methyl sites for hydroxylation is 1. The molecule has 1 aromatic rings. The van der Waals surface area contributed by atoms with Crippen molar-refractivity contribution in [3.63, 3.8) is 0 Å². The molecule has 0 aliphatic carbocycles. The van der Waals surface area contributed by atoms with Crippen molar-refractivity contribution < 1.29 is 4.74 Å². The van der Waals surface area contributed by atoms with Crippen LogP contribution in [-0.4, -0.2) is 49.7 Å². The summed E-state index contributed by atoms with van der Waals surface area (Å²) in [6.07, 6.45) is 0. The zero-order valence-electron chi connectivity index (χ0n) is 13.9. The number of nitrogens with zero attached hydrogens (tertiary/aromatic N) is 2. The Hall–Kier alpha value is -1.59. The van der Waals surface area contributed by atoms with Crippen LogP contribution < -0.4 is 11.1 Å². The van der Waals surface area contributed by atoms with Crippen LogP contribution >= 0.6 is 0 Å². The molecule has 1 aromatic carbocycles. The van der Waals surface area contributed by atoms with E-state index in [1.165, 1.54) is 5.56 Å². The molecule has 0 amide bonds. The third-order valence-electron chi connectivity index (χ3n) is 4.06. The quantitative estimate of drug-likeness (QED) is 0.646. The van der Waals surface area contributed by atoms with Gasteiger partial charge >= 0.3 is 0 Å². The number of benzene rings is 1. The average Bonchev–Trinajstić information content (AvgIpc) is 2.50. The Kier molecular flexibility index (Phi) is 6.21. The molecule has 3 N–H and O–H groups in total. The molecular formula is C17H28N4O. The van der Waals surface area contributed by atoms with E-state index in [-0.39, 0.29) is 0 Å². The Morgan fingerprint density at radius 1 is 1.27 bits per heavy atom. The van der Waals surface area contributed by atoms with E-state index >= 15 is 0 Å². The van der Waals surface area contributed by atoms with Crippen LogP contribution in [0.2, 0.25) is 0 Å². The lowest BCUT2D eigenvalue weighted by Crippen LogP contribution is -2.47. The van der Waals surface area contributed by atoms with Gasteiger partial charge in [-0.15, -0.1) is 0 Å². The maximum absolute atomic E-state index is 6.02. The number of aliphatic imine (C=N–C) groups is 1.